The van der Waals surface area contributed by atoms with Gasteiger partial charge in [-0.3, -0.25) is 4.79 Å². The van der Waals surface area contributed by atoms with Crippen molar-refractivity contribution in [1.29, 1.82) is 0 Å². The molecule has 47 heavy (non-hydrogen) atoms. The molecule has 0 aliphatic heterocycles. The molecular weight excluding hydrogens is 604 g/mol. The first-order valence-corrected chi connectivity index (χ1v) is 17.1. The molecule has 10 heteroatoms. The van der Waals surface area contributed by atoms with E-state index in [2.05, 4.69) is 75.8 Å². The quantitative estimate of drug-likeness (QED) is 0.0458. The molecular formula is C37H72O10. The summed E-state index contributed by atoms with van der Waals surface area (Å²) in [6, 6.07) is 0. The third-order valence-electron chi connectivity index (χ3n) is 9.61. The number of hydrogen-bond acceptors (Lipinski definition) is 10. The lowest BCUT2D eigenvalue weighted by molar-refractivity contribution is -0.256. The summed E-state index contributed by atoms with van der Waals surface area (Å²) in [5.41, 5.74) is -3.01. The molecule has 0 N–H and O–H groups in total. The molecule has 0 saturated carbocycles. The Bertz CT molecular complexity index is 863. The van der Waals surface area contributed by atoms with Crippen LogP contribution in [0.25, 0.3) is 0 Å². The van der Waals surface area contributed by atoms with Crippen molar-refractivity contribution < 1.29 is 47.4 Å². The van der Waals surface area contributed by atoms with Gasteiger partial charge >= 0.3 is 0 Å². The highest BCUT2D eigenvalue weighted by molar-refractivity contribution is 5.95. The number of ether oxygens (including phenoxy) is 9. The average molecular weight is 677 g/mol. The van der Waals surface area contributed by atoms with Gasteiger partial charge in [0.1, 0.15) is 5.60 Å². The Labute approximate surface area is 287 Å². The van der Waals surface area contributed by atoms with Crippen molar-refractivity contribution in [2.24, 2.45) is 10.8 Å². The zero-order valence-corrected chi connectivity index (χ0v) is 32.6. The zero-order valence-electron chi connectivity index (χ0n) is 32.6. The molecule has 0 rings (SSSR count). The van der Waals surface area contributed by atoms with Crippen molar-refractivity contribution >= 4 is 5.78 Å². The second kappa shape index (κ2) is 21.3. The number of methoxy groups -OCH3 is 2. The van der Waals surface area contributed by atoms with E-state index in [9.17, 15) is 4.79 Å². The molecule has 0 radical (unpaired) electrons. The lowest BCUT2D eigenvalue weighted by Gasteiger charge is -2.47. The van der Waals surface area contributed by atoms with E-state index in [-0.39, 0.29) is 22.2 Å². The standard InChI is InChI=1S/C37H72O10/c1-16-30(38)35(8,9)45-19-17-32(2,3)37(12,13)47-31(43-27-25-41-23-21-39-14)29-33(4,5)36(10,11)46-20-18-34(6,7)44-28-26-42-24-22-40-15/h16,31H,1,17-29H2,2-15H3. The third kappa shape index (κ3) is 18.0. The molecule has 0 bridgehead atoms. The van der Waals surface area contributed by atoms with E-state index in [1.165, 1.54) is 6.08 Å². The van der Waals surface area contributed by atoms with E-state index in [1.54, 1.807) is 28.1 Å². The molecule has 0 heterocycles. The van der Waals surface area contributed by atoms with Crippen molar-refractivity contribution in [3.05, 3.63) is 12.7 Å². The van der Waals surface area contributed by atoms with Gasteiger partial charge in [-0.25, -0.2) is 0 Å². The molecule has 0 aliphatic carbocycles. The second-order valence-electron chi connectivity index (χ2n) is 15.5. The first-order chi connectivity index (χ1) is 21.6. The highest BCUT2D eigenvalue weighted by Crippen LogP contribution is 2.43. The number of rotatable bonds is 30. The van der Waals surface area contributed by atoms with Gasteiger partial charge in [-0.05, 0) is 85.1 Å². The molecule has 0 aromatic rings. The SMILES string of the molecule is C=CC(=O)C(C)(C)OCCC(C)(C)C(C)(C)OC(CC(C)(C)C(C)(C)OCCC(C)(C)OCCOCCOC)OCCOCCOC. The smallest absolute Gasteiger partial charge is 0.186 e. The summed E-state index contributed by atoms with van der Waals surface area (Å²) in [5, 5.41) is 0. The van der Waals surface area contributed by atoms with Crippen LogP contribution in [-0.4, -0.2) is 115 Å². The van der Waals surface area contributed by atoms with Crippen LogP contribution in [0.2, 0.25) is 0 Å². The Morgan fingerprint density at radius 3 is 1.64 bits per heavy atom. The van der Waals surface area contributed by atoms with Crippen LogP contribution in [0.3, 0.4) is 0 Å². The summed E-state index contributed by atoms with van der Waals surface area (Å²) in [5.74, 6) is -0.140. The fourth-order valence-electron chi connectivity index (χ4n) is 4.39. The molecule has 10 nitrogen and oxygen atoms in total. The molecule has 280 valence electrons. The van der Waals surface area contributed by atoms with E-state index < -0.39 is 23.1 Å². The summed E-state index contributed by atoms with van der Waals surface area (Å²) >= 11 is 0. The molecule has 0 fully saturated rings. The van der Waals surface area contributed by atoms with E-state index in [4.69, 9.17) is 42.6 Å². The van der Waals surface area contributed by atoms with Gasteiger partial charge in [0.05, 0.1) is 76.3 Å². The highest BCUT2D eigenvalue weighted by Gasteiger charge is 2.45. The number of hydrogen-bond donors (Lipinski definition) is 0. The largest absolute Gasteiger partial charge is 0.382 e. The van der Waals surface area contributed by atoms with Crippen LogP contribution in [0.15, 0.2) is 12.7 Å². The molecule has 0 amide bonds. The predicted octanol–water partition coefficient (Wildman–Crippen LogP) is 6.81. The van der Waals surface area contributed by atoms with Crippen LogP contribution in [-0.2, 0) is 47.4 Å². The monoisotopic (exact) mass is 677 g/mol. The maximum Gasteiger partial charge on any atom is 0.186 e. The molecule has 0 aliphatic rings. The summed E-state index contributed by atoms with van der Waals surface area (Å²) < 4.78 is 53.1. The Morgan fingerprint density at radius 1 is 0.596 bits per heavy atom. The van der Waals surface area contributed by atoms with E-state index in [1.807, 2.05) is 0 Å². The summed E-state index contributed by atoms with van der Waals surface area (Å²) in [6.45, 7) is 33.3. The number of carbonyl (C=O) groups excluding carboxylic acids is 1. The minimum atomic E-state index is -0.924. The van der Waals surface area contributed by atoms with Crippen molar-refractivity contribution in [3.8, 4) is 0 Å². The van der Waals surface area contributed by atoms with Crippen LogP contribution < -0.4 is 0 Å². The van der Waals surface area contributed by atoms with E-state index in [0.717, 1.165) is 6.42 Å². The summed E-state index contributed by atoms with van der Waals surface area (Å²) in [4.78, 5) is 12.2. The molecule has 1 unspecified atom stereocenters. The van der Waals surface area contributed by atoms with Gasteiger partial charge in [0.25, 0.3) is 0 Å². The normalized spacial score (nSPS) is 14.4. The van der Waals surface area contributed by atoms with Crippen molar-refractivity contribution in [2.45, 2.75) is 131 Å². The maximum atomic E-state index is 12.2. The van der Waals surface area contributed by atoms with Crippen LogP contribution in [0.1, 0.15) is 102 Å². The van der Waals surface area contributed by atoms with Crippen molar-refractivity contribution in [1.82, 2.24) is 0 Å². The van der Waals surface area contributed by atoms with Gasteiger partial charge < -0.3 is 42.6 Å². The maximum absolute atomic E-state index is 12.2. The zero-order chi connectivity index (χ0) is 36.4. The predicted molar refractivity (Wildman–Crippen MR) is 187 cm³/mol. The molecule has 1 atom stereocenters. The van der Waals surface area contributed by atoms with Gasteiger partial charge in [-0.15, -0.1) is 0 Å². The number of carbonyl (C=O) groups is 1. The van der Waals surface area contributed by atoms with Crippen molar-refractivity contribution in [2.75, 3.05) is 80.3 Å². The topological polar surface area (TPSA) is 100 Å². The molecule has 0 aromatic heterocycles. The Kier molecular flexibility index (Phi) is 20.9. The lowest BCUT2D eigenvalue weighted by atomic mass is 9.73. The Morgan fingerprint density at radius 2 is 1.11 bits per heavy atom. The minimum Gasteiger partial charge on any atom is -0.382 e. The fraction of sp³-hybridized carbons (Fsp3) is 0.919. The first kappa shape index (κ1) is 46.0. The van der Waals surface area contributed by atoms with Gasteiger partial charge in [-0.2, -0.15) is 0 Å². The third-order valence-corrected chi connectivity index (χ3v) is 9.61. The lowest BCUT2D eigenvalue weighted by Crippen LogP contribution is -2.49. The Balaban J connectivity index is 5.48. The van der Waals surface area contributed by atoms with Gasteiger partial charge in [0, 0.05) is 27.2 Å². The van der Waals surface area contributed by atoms with Crippen LogP contribution in [0.5, 0.6) is 0 Å². The fourth-order valence-corrected chi connectivity index (χ4v) is 4.39. The molecule has 0 saturated heterocycles. The molecule has 0 spiro atoms. The molecule has 0 aromatic carbocycles. The van der Waals surface area contributed by atoms with E-state index in [0.29, 0.717) is 78.9 Å². The Hall–Kier alpha value is -0.950. The highest BCUT2D eigenvalue weighted by atomic mass is 16.7. The second-order valence-corrected chi connectivity index (χ2v) is 15.5. The summed E-state index contributed by atoms with van der Waals surface area (Å²) in [6.07, 6.45) is 2.79. The van der Waals surface area contributed by atoms with Gasteiger partial charge in [-0.1, -0.05) is 34.3 Å². The number of ketones is 1. The van der Waals surface area contributed by atoms with Crippen LogP contribution in [0, 0.1) is 10.8 Å². The first-order valence-electron chi connectivity index (χ1n) is 17.1. The van der Waals surface area contributed by atoms with Crippen molar-refractivity contribution in [3.63, 3.8) is 0 Å². The minimum absolute atomic E-state index is 0.140. The van der Waals surface area contributed by atoms with Gasteiger partial charge in [0.15, 0.2) is 12.1 Å². The average Bonchev–Trinajstić information content (AvgIpc) is 2.95. The van der Waals surface area contributed by atoms with E-state index >= 15 is 0 Å². The van der Waals surface area contributed by atoms with Crippen LogP contribution in [0.4, 0.5) is 0 Å². The summed E-state index contributed by atoms with van der Waals surface area (Å²) in [7, 11) is 3.31. The van der Waals surface area contributed by atoms with Crippen LogP contribution >= 0.6 is 0 Å². The van der Waals surface area contributed by atoms with Gasteiger partial charge in [0.2, 0.25) is 0 Å².